The summed E-state index contributed by atoms with van der Waals surface area (Å²) in [5.41, 5.74) is 1.27. The van der Waals surface area contributed by atoms with E-state index in [1.54, 1.807) is 24.3 Å². The van der Waals surface area contributed by atoms with E-state index in [9.17, 15) is 18.8 Å². The SMILES string of the molecule is C[C@H](NC(=O)Cc1ccc(F)cc1)C(=O)NCC(=O)Nc1ccccc1. The van der Waals surface area contributed by atoms with Gasteiger partial charge in [-0.1, -0.05) is 30.3 Å². The number of hydrogen-bond donors (Lipinski definition) is 3. The molecule has 0 fully saturated rings. The number of anilines is 1. The number of hydrogen-bond acceptors (Lipinski definition) is 3. The highest BCUT2D eigenvalue weighted by molar-refractivity contribution is 5.96. The van der Waals surface area contributed by atoms with Crippen LogP contribution >= 0.6 is 0 Å². The Morgan fingerprint density at radius 2 is 1.62 bits per heavy atom. The molecule has 0 aliphatic rings. The lowest BCUT2D eigenvalue weighted by molar-refractivity contribution is -0.129. The van der Waals surface area contributed by atoms with Gasteiger partial charge in [0.1, 0.15) is 11.9 Å². The van der Waals surface area contributed by atoms with Crippen LogP contribution in [0.5, 0.6) is 0 Å². The molecule has 26 heavy (non-hydrogen) atoms. The molecule has 1 atom stereocenters. The topological polar surface area (TPSA) is 87.3 Å². The summed E-state index contributed by atoms with van der Waals surface area (Å²) in [4.78, 5) is 35.7. The van der Waals surface area contributed by atoms with Gasteiger partial charge in [0.15, 0.2) is 0 Å². The zero-order valence-electron chi connectivity index (χ0n) is 14.3. The van der Waals surface area contributed by atoms with E-state index in [1.165, 1.54) is 31.2 Å². The molecule has 0 bridgehead atoms. The fraction of sp³-hybridized carbons (Fsp3) is 0.211. The van der Waals surface area contributed by atoms with Crippen LogP contribution in [0.2, 0.25) is 0 Å². The van der Waals surface area contributed by atoms with Crippen LogP contribution in [-0.4, -0.2) is 30.3 Å². The second-order valence-electron chi connectivity index (χ2n) is 5.72. The van der Waals surface area contributed by atoms with E-state index in [4.69, 9.17) is 0 Å². The largest absolute Gasteiger partial charge is 0.345 e. The van der Waals surface area contributed by atoms with Gasteiger partial charge in [-0.3, -0.25) is 14.4 Å². The van der Waals surface area contributed by atoms with E-state index < -0.39 is 11.9 Å². The van der Waals surface area contributed by atoms with Gasteiger partial charge in [0.2, 0.25) is 17.7 Å². The van der Waals surface area contributed by atoms with Crippen molar-refractivity contribution < 1.29 is 18.8 Å². The average molecular weight is 357 g/mol. The van der Waals surface area contributed by atoms with E-state index in [0.29, 0.717) is 11.3 Å². The first kappa shape index (κ1) is 19.1. The summed E-state index contributed by atoms with van der Waals surface area (Å²) >= 11 is 0. The second kappa shape index (κ2) is 9.31. The Balaban J connectivity index is 1.73. The molecule has 3 amide bonds. The molecule has 0 unspecified atom stereocenters. The number of rotatable bonds is 7. The van der Waals surface area contributed by atoms with Gasteiger partial charge in [-0.2, -0.15) is 0 Å². The van der Waals surface area contributed by atoms with Crippen molar-refractivity contribution in [1.29, 1.82) is 0 Å². The Morgan fingerprint density at radius 3 is 2.27 bits per heavy atom. The first-order chi connectivity index (χ1) is 12.4. The molecule has 136 valence electrons. The molecule has 0 heterocycles. The summed E-state index contributed by atoms with van der Waals surface area (Å²) in [6, 6.07) is 13.6. The molecule has 0 aliphatic heterocycles. The number of halogens is 1. The van der Waals surface area contributed by atoms with Crippen molar-refractivity contribution in [1.82, 2.24) is 10.6 Å². The zero-order chi connectivity index (χ0) is 18.9. The molecule has 7 heteroatoms. The Morgan fingerprint density at radius 1 is 0.962 bits per heavy atom. The molecule has 0 aromatic heterocycles. The Bertz CT molecular complexity index is 763. The van der Waals surface area contributed by atoms with Crippen LogP contribution in [0.15, 0.2) is 54.6 Å². The minimum Gasteiger partial charge on any atom is -0.345 e. The first-order valence-corrected chi connectivity index (χ1v) is 8.10. The third kappa shape index (κ3) is 6.35. The molecule has 0 saturated heterocycles. The van der Waals surface area contributed by atoms with Crippen LogP contribution < -0.4 is 16.0 Å². The van der Waals surface area contributed by atoms with Crippen molar-refractivity contribution in [3.05, 3.63) is 66.0 Å². The summed E-state index contributed by atoms with van der Waals surface area (Å²) in [5, 5.41) is 7.65. The maximum absolute atomic E-state index is 12.8. The van der Waals surface area contributed by atoms with Crippen molar-refractivity contribution in [3.63, 3.8) is 0 Å². The van der Waals surface area contributed by atoms with Gasteiger partial charge in [-0.25, -0.2) is 4.39 Å². The molecular weight excluding hydrogens is 337 g/mol. The van der Waals surface area contributed by atoms with Gasteiger partial charge >= 0.3 is 0 Å². The number of carbonyl (C=O) groups is 3. The van der Waals surface area contributed by atoms with Crippen LogP contribution in [-0.2, 0) is 20.8 Å². The number of para-hydroxylation sites is 1. The highest BCUT2D eigenvalue weighted by atomic mass is 19.1. The van der Waals surface area contributed by atoms with E-state index in [2.05, 4.69) is 16.0 Å². The van der Waals surface area contributed by atoms with E-state index in [-0.39, 0.29) is 30.6 Å². The quantitative estimate of drug-likeness (QED) is 0.704. The maximum atomic E-state index is 12.8. The molecule has 0 spiro atoms. The van der Waals surface area contributed by atoms with Gasteiger partial charge in [0.05, 0.1) is 13.0 Å². The predicted octanol–water partition coefficient (Wildman–Crippen LogP) is 1.63. The molecular formula is C19H20FN3O3. The van der Waals surface area contributed by atoms with Crippen molar-refractivity contribution in [2.75, 3.05) is 11.9 Å². The number of carbonyl (C=O) groups excluding carboxylic acids is 3. The monoisotopic (exact) mass is 357 g/mol. The highest BCUT2D eigenvalue weighted by Crippen LogP contribution is 2.04. The lowest BCUT2D eigenvalue weighted by Crippen LogP contribution is -2.47. The lowest BCUT2D eigenvalue weighted by atomic mass is 10.1. The van der Waals surface area contributed by atoms with Crippen LogP contribution in [0.1, 0.15) is 12.5 Å². The van der Waals surface area contributed by atoms with Gasteiger partial charge in [0, 0.05) is 5.69 Å². The van der Waals surface area contributed by atoms with Gasteiger partial charge < -0.3 is 16.0 Å². The molecule has 2 aromatic rings. The number of amides is 3. The van der Waals surface area contributed by atoms with E-state index in [1.807, 2.05) is 6.07 Å². The number of benzene rings is 2. The normalized spacial score (nSPS) is 11.3. The van der Waals surface area contributed by atoms with E-state index in [0.717, 1.165) is 0 Å². The lowest BCUT2D eigenvalue weighted by Gasteiger charge is -2.14. The highest BCUT2D eigenvalue weighted by Gasteiger charge is 2.16. The first-order valence-electron chi connectivity index (χ1n) is 8.10. The number of nitrogens with one attached hydrogen (secondary N) is 3. The van der Waals surface area contributed by atoms with Gasteiger partial charge in [-0.05, 0) is 36.8 Å². The van der Waals surface area contributed by atoms with Gasteiger partial charge in [0.25, 0.3) is 0 Å². The fourth-order valence-corrected chi connectivity index (χ4v) is 2.19. The molecule has 2 aromatic carbocycles. The molecule has 0 radical (unpaired) electrons. The van der Waals surface area contributed by atoms with E-state index >= 15 is 0 Å². The Kier molecular flexibility index (Phi) is 6.84. The van der Waals surface area contributed by atoms with Gasteiger partial charge in [-0.15, -0.1) is 0 Å². The Labute approximate surface area is 150 Å². The molecule has 2 rings (SSSR count). The summed E-state index contributed by atoms with van der Waals surface area (Å²) in [6.07, 6.45) is 0.0341. The molecule has 0 aliphatic carbocycles. The van der Waals surface area contributed by atoms with Crippen LogP contribution in [0, 0.1) is 5.82 Å². The van der Waals surface area contributed by atoms with Crippen LogP contribution in [0.3, 0.4) is 0 Å². The maximum Gasteiger partial charge on any atom is 0.243 e. The summed E-state index contributed by atoms with van der Waals surface area (Å²) in [6.45, 7) is 1.32. The minimum absolute atomic E-state index is 0.0341. The van der Waals surface area contributed by atoms with Crippen LogP contribution in [0.25, 0.3) is 0 Å². The average Bonchev–Trinajstić information content (AvgIpc) is 2.62. The predicted molar refractivity (Wildman–Crippen MR) is 95.8 cm³/mol. The standard InChI is InChI=1S/C19H20FN3O3/c1-13(22-17(24)11-14-7-9-15(20)10-8-14)19(26)21-12-18(25)23-16-5-3-2-4-6-16/h2-10,13H,11-12H2,1H3,(H,21,26)(H,22,24)(H,23,25)/t13-/m0/s1. The summed E-state index contributed by atoms with van der Waals surface area (Å²) in [5.74, 6) is -1.58. The minimum atomic E-state index is -0.799. The van der Waals surface area contributed by atoms with Crippen molar-refractivity contribution >= 4 is 23.4 Å². The molecule has 6 nitrogen and oxygen atoms in total. The molecule has 3 N–H and O–H groups in total. The third-order valence-corrected chi connectivity index (χ3v) is 3.53. The van der Waals surface area contributed by atoms with Crippen molar-refractivity contribution in [2.45, 2.75) is 19.4 Å². The fourth-order valence-electron chi connectivity index (χ4n) is 2.19. The Hall–Kier alpha value is -3.22. The summed E-state index contributed by atoms with van der Waals surface area (Å²) in [7, 11) is 0. The van der Waals surface area contributed by atoms with Crippen molar-refractivity contribution in [3.8, 4) is 0 Å². The zero-order valence-corrected chi connectivity index (χ0v) is 14.3. The third-order valence-electron chi connectivity index (χ3n) is 3.53. The van der Waals surface area contributed by atoms with Crippen molar-refractivity contribution in [2.24, 2.45) is 0 Å². The van der Waals surface area contributed by atoms with Crippen LogP contribution in [0.4, 0.5) is 10.1 Å². The molecule has 0 saturated carbocycles. The smallest absolute Gasteiger partial charge is 0.243 e. The summed E-state index contributed by atoms with van der Waals surface area (Å²) < 4.78 is 12.8. The second-order valence-corrected chi connectivity index (χ2v) is 5.72.